The number of alkyl halides is 2. The summed E-state index contributed by atoms with van der Waals surface area (Å²) in [5.74, 6) is 0.324. The van der Waals surface area contributed by atoms with Crippen LogP contribution in [-0.4, -0.2) is 48.6 Å². The molecule has 2 aliphatic heterocycles. The van der Waals surface area contributed by atoms with Gasteiger partial charge in [-0.15, -0.1) is 45.9 Å². The van der Waals surface area contributed by atoms with Crippen LogP contribution >= 0.6 is 45.9 Å². The predicted octanol–water partition coefficient (Wildman–Crippen LogP) is 7.79. The van der Waals surface area contributed by atoms with Gasteiger partial charge in [0.15, 0.2) is 11.5 Å². The van der Waals surface area contributed by atoms with Crippen molar-refractivity contribution in [1.29, 1.82) is 0 Å². The molecule has 0 saturated carbocycles. The van der Waals surface area contributed by atoms with E-state index in [2.05, 4.69) is 0 Å². The van der Waals surface area contributed by atoms with Gasteiger partial charge in [0.05, 0.1) is 20.8 Å². The minimum absolute atomic E-state index is 0.0631. The molecule has 0 unspecified atom stereocenters. The molecule has 0 N–H and O–H groups in total. The molecule has 2 aliphatic rings. The van der Waals surface area contributed by atoms with Gasteiger partial charge in [-0.3, -0.25) is 19.2 Å². The normalized spacial score (nSPS) is 17.2. The van der Waals surface area contributed by atoms with Crippen molar-refractivity contribution in [3.05, 3.63) is 45.1 Å². The third kappa shape index (κ3) is 5.60. The van der Waals surface area contributed by atoms with Crippen molar-refractivity contribution in [2.24, 2.45) is 0 Å². The predicted molar refractivity (Wildman–Crippen MR) is 181 cm³/mol. The molecule has 45 heavy (non-hydrogen) atoms. The Kier molecular flexibility index (Phi) is 8.86. The van der Waals surface area contributed by atoms with Crippen LogP contribution in [0.1, 0.15) is 67.2 Å². The number of benzene rings is 2. The number of amides is 2. The van der Waals surface area contributed by atoms with Crippen molar-refractivity contribution in [2.75, 3.05) is 34.6 Å². The largest absolute Gasteiger partial charge is 0.425 e. The number of thiophene rings is 2. The Morgan fingerprint density at radius 3 is 1.51 bits per heavy atom. The number of hydrogen-bond acceptors (Lipinski definition) is 8. The number of aryl methyl sites for hydroxylation is 2. The average Bonchev–Trinajstić information content (AvgIpc) is 3.75. The molecule has 0 bridgehead atoms. The van der Waals surface area contributed by atoms with Crippen molar-refractivity contribution in [2.45, 2.75) is 58.8 Å². The molecule has 0 fully saturated rings. The molecule has 4 aromatic rings. The molecule has 2 aromatic carbocycles. The van der Waals surface area contributed by atoms with Gasteiger partial charge in [-0.05, 0) is 53.3 Å². The van der Waals surface area contributed by atoms with E-state index in [1.165, 1.54) is 36.5 Å². The van der Waals surface area contributed by atoms with Gasteiger partial charge in [-0.2, -0.15) is 0 Å². The lowest BCUT2D eigenvalue weighted by Crippen LogP contribution is -2.32. The monoisotopic (exact) mass is 686 g/mol. The summed E-state index contributed by atoms with van der Waals surface area (Å²) >= 11 is 15.8. The number of carbonyl (C=O) groups excluding carboxylic acids is 4. The van der Waals surface area contributed by atoms with Crippen LogP contribution in [0.2, 0.25) is 0 Å². The maximum absolute atomic E-state index is 13.7. The molecule has 2 atom stereocenters. The van der Waals surface area contributed by atoms with E-state index >= 15 is 0 Å². The smallest absolute Gasteiger partial charge is 0.308 e. The summed E-state index contributed by atoms with van der Waals surface area (Å²) in [5, 5.41) is 6.00. The highest BCUT2D eigenvalue weighted by molar-refractivity contribution is 7.18. The van der Waals surface area contributed by atoms with Gasteiger partial charge in [0.25, 0.3) is 0 Å². The van der Waals surface area contributed by atoms with Crippen LogP contribution in [0.3, 0.4) is 0 Å². The third-order valence-corrected chi connectivity index (χ3v) is 11.5. The summed E-state index contributed by atoms with van der Waals surface area (Å²) in [6.07, 6.45) is 0.662. The van der Waals surface area contributed by atoms with Gasteiger partial charge in [-0.1, -0.05) is 0 Å². The number of esters is 2. The van der Waals surface area contributed by atoms with Crippen molar-refractivity contribution >= 4 is 101 Å². The second-order valence-corrected chi connectivity index (χ2v) is 14.0. The zero-order chi connectivity index (χ0) is 32.2. The number of halogens is 2. The minimum atomic E-state index is -0.430. The lowest BCUT2D eigenvalue weighted by Gasteiger charge is -2.20. The number of rotatable bonds is 8. The lowest BCUT2D eigenvalue weighted by molar-refractivity contribution is -0.132. The first-order chi connectivity index (χ1) is 21.5. The van der Waals surface area contributed by atoms with Crippen LogP contribution in [0.4, 0.5) is 11.4 Å². The number of anilines is 2. The molecule has 0 radical (unpaired) electrons. The van der Waals surface area contributed by atoms with E-state index in [0.717, 1.165) is 42.4 Å². The maximum atomic E-state index is 13.7. The van der Waals surface area contributed by atoms with Crippen LogP contribution in [-0.2, 0) is 19.2 Å². The van der Waals surface area contributed by atoms with Gasteiger partial charge < -0.3 is 19.3 Å². The standard InChI is InChI=1S/C33H32Cl2N2O6S2/c1-16-14-44-32-24(42-18(3)38)8-22-30(28(16)32)20(10-34)12-36(22)26(40)6-5-7-27(41)37-13-21(11-35)31-23(37)9-25(43-19(4)39)33-29(31)17(2)15-45-33/h8-9,14-15,20-21H,5-7,10-13H2,1-4H3/t20-,21-/m1/s1. The molecule has 0 spiro atoms. The quantitative estimate of drug-likeness (QED) is 0.107. The number of carbonyl (C=O) groups is 4. The van der Waals surface area contributed by atoms with Crippen molar-refractivity contribution in [3.63, 3.8) is 0 Å². The van der Waals surface area contributed by atoms with Gasteiger partial charge >= 0.3 is 11.9 Å². The van der Waals surface area contributed by atoms with Crippen LogP contribution in [0, 0.1) is 13.8 Å². The Balaban J connectivity index is 1.23. The van der Waals surface area contributed by atoms with Crippen LogP contribution in [0.25, 0.3) is 20.2 Å². The molecule has 236 valence electrons. The SMILES string of the molecule is CC(=O)Oc1cc2c(c3c(C)csc13)[C@H](CCl)CN2C(=O)CCCC(=O)N1C[C@@H](CCl)c2c1cc(OC(C)=O)c1scc(C)c21. The van der Waals surface area contributed by atoms with Crippen molar-refractivity contribution in [1.82, 2.24) is 0 Å². The minimum Gasteiger partial charge on any atom is -0.425 e. The van der Waals surface area contributed by atoms with Crippen molar-refractivity contribution in [3.8, 4) is 11.5 Å². The maximum Gasteiger partial charge on any atom is 0.308 e. The summed E-state index contributed by atoms with van der Waals surface area (Å²) in [6.45, 7) is 7.57. The van der Waals surface area contributed by atoms with Crippen molar-refractivity contribution < 1.29 is 28.7 Å². The zero-order valence-corrected chi connectivity index (χ0v) is 28.5. The molecular weight excluding hydrogens is 655 g/mol. The highest BCUT2D eigenvalue weighted by atomic mass is 35.5. The Labute approximate surface area is 278 Å². The second-order valence-electron chi connectivity index (χ2n) is 11.6. The van der Waals surface area contributed by atoms with E-state index in [9.17, 15) is 19.2 Å². The van der Waals surface area contributed by atoms with E-state index in [1.54, 1.807) is 21.9 Å². The van der Waals surface area contributed by atoms with Crippen LogP contribution in [0.15, 0.2) is 22.9 Å². The van der Waals surface area contributed by atoms with E-state index < -0.39 is 11.9 Å². The Morgan fingerprint density at radius 2 is 1.16 bits per heavy atom. The van der Waals surface area contributed by atoms with E-state index in [4.69, 9.17) is 32.7 Å². The van der Waals surface area contributed by atoms with E-state index in [-0.39, 0.29) is 36.5 Å². The molecule has 2 aromatic heterocycles. The number of ether oxygens (including phenoxy) is 2. The zero-order valence-electron chi connectivity index (χ0n) is 25.3. The molecule has 12 heteroatoms. The summed E-state index contributed by atoms with van der Waals surface area (Å²) in [7, 11) is 0. The average molecular weight is 688 g/mol. The van der Waals surface area contributed by atoms with Crippen LogP contribution in [0.5, 0.6) is 11.5 Å². The van der Waals surface area contributed by atoms with E-state index in [1.807, 2.05) is 24.6 Å². The van der Waals surface area contributed by atoms with Gasteiger partial charge in [-0.25, -0.2) is 0 Å². The van der Waals surface area contributed by atoms with E-state index in [0.29, 0.717) is 54.1 Å². The summed E-state index contributed by atoms with van der Waals surface area (Å²) in [4.78, 5) is 54.5. The first-order valence-corrected chi connectivity index (χ1v) is 17.6. The molecule has 0 saturated heterocycles. The second kappa shape index (κ2) is 12.5. The number of hydrogen-bond donors (Lipinski definition) is 0. The molecule has 0 aliphatic carbocycles. The lowest BCUT2D eigenvalue weighted by atomic mass is 9.97. The molecule has 6 rings (SSSR count). The molecule has 4 heterocycles. The van der Waals surface area contributed by atoms with Gasteiger partial charge in [0, 0.05) is 86.3 Å². The number of nitrogens with zero attached hydrogens (tertiary/aromatic N) is 2. The van der Waals surface area contributed by atoms with Crippen LogP contribution < -0.4 is 19.3 Å². The fraction of sp³-hybridized carbons (Fsp3) is 0.394. The highest BCUT2D eigenvalue weighted by Gasteiger charge is 2.37. The fourth-order valence-electron chi connectivity index (χ4n) is 6.65. The summed E-state index contributed by atoms with van der Waals surface area (Å²) < 4.78 is 12.8. The molecule has 8 nitrogen and oxygen atoms in total. The first kappa shape index (κ1) is 31.8. The highest BCUT2D eigenvalue weighted by Crippen LogP contribution is 2.50. The Bertz CT molecular complexity index is 1750. The molecule has 2 amide bonds. The van der Waals surface area contributed by atoms with Gasteiger partial charge in [0.1, 0.15) is 0 Å². The van der Waals surface area contributed by atoms with Gasteiger partial charge in [0.2, 0.25) is 11.8 Å². The Morgan fingerprint density at radius 1 is 0.756 bits per heavy atom. The first-order valence-electron chi connectivity index (χ1n) is 14.7. The Hall–Kier alpha value is -3.18. The third-order valence-electron chi connectivity index (χ3n) is 8.49. The summed E-state index contributed by atoms with van der Waals surface area (Å²) in [5.41, 5.74) is 5.49. The summed E-state index contributed by atoms with van der Waals surface area (Å²) in [6, 6.07) is 3.54. The number of fused-ring (bicyclic) bond motifs is 6. The topological polar surface area (TPSA) is 93.2 Å². The molecular formula is C33H32Cl2N2O6S2. The fourth-order valence-corrected chi connectivity index (χ4v) is 9.19.